The van der Waals surface area contributed by atoms with Gasteiger partial charge in [0.15, 0.2) is 12.4 Å². The monoisotopic (exact) mass is 914 g/mol. The molecule has 0 aliphatic heterocycles. The van der Waals surface area contributed by atoms with Crippen LogP contribution in [0, 0.1) is 0 Å². The van der Waals surface area contributed by atoms with Crippen molar-refractivity contribution in [2.75, 3.05) is 47.5 Å². The fourth-order valence-corrected chi connectivity index (χ4v) is 7.21. The van der Waals surface area contributed by atoms with Crippen LogP contribution in [0.5, 0.6) is 0 Å². The molecule has 0 spiro atoms. The van der Waals surface area contributed by atoms with Gasteiger partial charge in [0.2, 0.25) is 0 Å². The van der Waals surface area contributed by atoms with Gasteiger partial charge in [-0.2, -0.15) is 0 Å². The molecule has 0 aromatic heterocycles. The van der Waals surface area contributed by atoms with Crippen molar-refractivity contribution in [3.05, 3.63) is 60.8 Å². The van der Waals surface area contributed by atoms with E-state index >= 15 is 0 Å². The SMILES string of the molecule is CC/C=C\C/C=C\C/C=C\C/C=C\C/C=C\CCCCCC(=O)OC(COC(=O)CCCCCCCCCCCCCCCCCCCCCCC)COC(OCC[N+](C)(C)C)C(=O)[O-]. The van der Waals surface area contributed by atoms with E-state index in [-0.39, 0.29) is 38.6 Å². The summed E-state index contributed by atoms with van der Waals surface area (Å²) in [4.78, 5) is 37.2. The number of carboxylic acids is 1. The fourth-order valence-electron chi connectivity index (χ4n) is 7.21. The fraction of sp³-hybridized carbons (Fsp3) is 0.768. The lowest BCUT2D eigenvalue weighted by Crippen LogP contribution is -2.44. The second-order valence-electron chi connectivity index (χ2n) is 18.8. The lowest BCUT2D eigenvalue weighted by Gasteiger charge is -2.26. The van der Waals surface area contributed by atoms with Crippen LogP contribution in [-0.2, 0) is 33.3 Å². The van der Waals surface area contributed by atoms with Crippen LogP contribution in [0.2, 0.25) is 0 Å². The number of rotatable bonds is 48. The van der Waals surface area contributed by atoms with Crippen LogP contribution in [0.15, 0.2) is 60.8 Å². The van der Waals surface area contributed by atoms with Crippen LogP contribution in [0.25, 0.3) is 0 Å². The maximum atomic E-state index is 12.8. The van der Waals surface area contributed by atoms with Crippen molar-refractivity contribution in [3.63, 3.8) is 0 Å². The molecule has 0 radical (unpaired) electrons. The van der Waals surface area contributed by atoms with Gasteiger partial charge in [0.1, 0.15) is 13.2 Å². The van der Waals surface area contributed by atoms with Crippen LogP contribution < -0.4 is 5.11 Å². The zero-order chi connectivity index (χ0) is 47.7. The Morgan fingerprint density at radius 2 is 0.877 bits per heavy atom. The Morgan fingerprint density at radius 3 is 1.31 bits per heavy atom. The smallest absolute Gasteiger partial charge is 0.306 e. The molecule has 0 fully saturated rings. The Bertz CT molecular complexity index is 1250. The number of quaternary nitrogens is 1. The molecule has 376 valence electrons. The number of nitrogens with zero attached hydrogens (tertiary/aromatic N) is 1. The number of carboxylic acid groups (broad SMARTS) is 1. The van der Waals surface area contributed by atoms with Gasteiger partial charge in [0.05, 0.1) is 40.3 Å². The first-order valence-electron chi connectivity index (χ1n) is 26.4. The number of ether oxygens (including phenoxy) is 4. The number of carbonyl (C=O) groups excluding carboxylic acids is 3. The minimum absolute atomic E-state index is 0.140. The molecule has 0 N–H and O–H groups in total. The second-order valence-corrected chi connectivity index (χ2v) is 18.8. The minimum Gasteiger partial charge on any atom is -0.545 e. The van der Waals surface area contributed by atoms with E-state index in [1.165, 1.54) is 116 Å². The molecule has 0 saturated heterocycles. The zero-order valence-electron chi connectivity index (χ0n) is 42.6. The molecule has 65 heavy (non-hydrogen) atoms. The molecule has 0 heterocycles. The van der Waals surface area contributed by atoms with Crippen molar-refractivity contribution >= 4 is 17.9 Å². The molecule has 0 rings (SSSR count). The number of esters is 2. The zero-order valence-corrected chi connectivity index (χ0v) is 42.6. The number of aliphatic carboxylic acids is 1. The molecule has 9 nitrogen and oxygen atoms in total. The van der Waals surface area contributed by atoms with Gasteiger partial charge in [-0.3, -0.25) is 9.59 Å². The third-order valence-electron chi connectivity index (χ3n) is 11.3. The van der Waals surface area contributed by atoms with Crippen molar-refractivity contribution in [2.24, 2.45) is 0 Å². The minimum atomic E-state index is -1.63. The van der Waals surface area contributed by atoms with Crippen LogP contribution in [0.4, 0.5) is 0 Å². The molecule has 0 aromatic rings. The third kappa shape index (κ3) is 48.7. The topological polar surface area (TPSA) is 111 Å². The average molecular weight is 914 g/mol. The standard InChI is InChI=1S/C56H99NO8/c1-6-8-10-12-14-16-18-20-22-24-26-27-29-30-32-34-36-38-40-42-44-46-53(58)63-50-52(51-64-56(55(60)61)62-49-48-57(3,4)5)65-54(59)47-45-43-41-39-37-35-33-31-28-25-23-21-19-17-15-13-11-9-7-2/h9,11,15,17,21,23,28,31,35,37,52,56H,6-8,10,12-14,16,18-20,22,24-27,29-30,32-34,36,38-51H2,1-5H3/b11-9-,17-15-,23-21-,31-28-,37-35-. The first kappa shape index (κ1) is 62.0. The van der Waals surface area contributed by atoms with E-state index in [0.717, 1.165) is 70.6 Å². The Morgan fingerprint density at radius 1 is 0.477 bits per heavy atom. The molecule has 0 aliphatic rings. The molecule has 0 bridgehead atoms. The molecule has 0 saturated carbocycles. The molecule has 0 aliphatic carbocycles. The highest BCUT2D eigenvalue weighted by atomic mass is 16.7. The van der Waals surface area contributed by atoms with Crippen LogP contribution in [0.1, 0.15) is 219 Å². The first-order chi connectivity index (χ1) is 31.6. The number of likely N-dealkylation sites (N-methyl/N-ethyl adjacent to an activating group) is 1. The number of hydrogen-bond donors (Lipinski definition) is 0. The van der Waals surface area contributed by atoms with Gasteiger partial charge in [-0.15, -0.1) is 0 Å². The van der Waals surface area contributed by atoms with Crippen molar-refractivity contribution in [2.45, 2.75) is 232 Å². The number of carbonyl (C=O) groups is 3. The summed E-state index contributed by atoms with van der Waals surface area (Å²) in [5, 5.41) is 11.7. The van der Waals surface area contributed by atoms with Crippen molar-refractivity contribution in [1.82, 2.24) is 0 Å². The first-order valence-corrected chi connectivity index (χ1v) is 26.4. The summed E-state index contributed by atoms with van der Waals surface area (Å²) in [5.41, 5.74) is 0. The summed E-state index contributed by atoms with van der Waals surface area (Å²) >= 11 is 0. The van der Waals surface area contributed by atoms with E-state index in [9.17, 15) is 19.5 Å². The summed E-state index contributed by atoms with van der Waals surface area (Å²) in [6.45, 7) is 4.61. The predicted molar refractivity (Wildman–Crippen MR) is 269 cm³/mol. The van der Waals surface area contributed by atoms with E-state index in [0.29, 0.717) is 17.4 Å². The van der Waals surface area contributed by atoms with E-state index in [1.54, 1.807) is 0 Å². The molecule has 0 aromatic carbocycles. The van der Waals surface area contributed by atoms with Crippen LogP contribution >= 0.6 is 0 Å². The van der Waals surface area contributed by atoms with E-state index < -0.39 is 24.3 Å². The van der Waals surface area contributed by atoms with Gasteiger partial charge in [0, 0.05) is 12.8 Å². The molecule has 2 unspecified atom stereocenters. The predicted octanol–water partition coefficient (Wildman–Crippen LogP) is 13.6. The van der Waals surface area contributed by atoms with Crippen molar-refractivity contribution in [3.8, 4) is 0 Å². The summed E-state index contributed by atoms with van der Waals surface area (Å²) in [7, 11) is 5.90. The van der Waals surface area contributed by atoms with Crippen LogP contribution in [-0.4, -0.2) is 82.3 Å². The second kappa shape index (κ2) is 47.5. The van der Waals surface area contributed by atoms with E-state index in [4.69, 9.17) is 18.9 Å². The molecular weight excluding hydrogens is 815 g/mol. The number of unbranched alkanes of at least 4 members (excludes halogenated alkanes) is 23. The molecule has 0 amide bonds. The Balaban J connectivity index is 4.36. The normalized spacial score (nSPS) is 13.3. The van der Waals surface area contributed by atoms with Gasteiger partial charge in [0.25, 0.3) is 0 Å². The summed E-state index contributed by atoms with van der Waals surface area (Å²) < 4.78 is 22.6. The highest BCUT2D eigenvalue weighted by Gasteiger charge is 2.22. The van der Waals surface area contributed by atoms with Gasteiger partial charge in [-0.25, -0.2) is 0 Å². The maximum Gasteiger partial charge on any atom is 0.306 e. The molecular formula is C56H99NO8. The van der Waals surface area contributed by atoms with E-state index in [2.05, 4.69) is 74.6 Å². The Kier molecular flexibility index (Phi) is 45.3. The summed E-state index contributed by atoms with van der Waals surface area (Å²) in [6, 6.07) is 0. The average Bonchev–Trinajstić information content (AvgIpc) is 3.27. The molecule has 2 atom stereocenters. The lowest BCUT2D eigenvalue weighted by molar-refractivity contribution is -0.870. The number of allylic oxidation sites excluding steroid dienone is 10. The van der Waals surface area contributed by atoms with Gasteiger partial charge < -0.3 is 33.3 Å². The largest absolute Gasteiger partial charge is 0.545 e. The Labute approximate surface area is 399 Å². The molecule has 9 heteroatoms. The highest BCUT2D eigenvalue weighted by Crippen LogP contribution is 2.16. The van der Waals surface area contributed by atoms with Crippen molar-refractivity contribution in [1.29, 1.82) is 0 Å². The summed E-state index contributed by atoms with van der Waals surface area (Å²) in [6.07, 6.45) is 55.5. The van der Waals surface area contributed by atoms with E-state index in [1.807, 2.05) is 21.1 Å². The Hall–Kier alpha value is -3.01. The number of hydrogen-bond acceptors (Lipinski definition) is 8. The lowest BCUT2D eigenvalue weighted by atomic mass is 10.0. The van der Waals surface area contributed by atoms with Crippen molar-refractivity contribution < 1.29 is 42.9 Å². The third-order valence-corrected chi connectivity index (χ3v) is 11.3. The quantitative estimate of drug-likeness (QED) is 0.0195. The summed E-state index contributed by atoms with van der Waals surface area (Å²) in [5.74, 6) is -2.32. The highest BCUT2D eigenvalue weighted by molar-refractivity contribution is 5.70. The van der Waals surface area contributed by atoms with Gasteiger partial charge in [-0.05, 0) is 57.8 Å². The van der Waals surface area contributed by atoms with Crippen LogP contribution in [0.3, 0.4) is 0 Å². The van der Waals surface area contributed by atoms with Gasteiger partial charge in [-0.1, -0.05) is 209 Å². The van der Waals surface area contributed by atoms with Gasteiger partial charge >= 0.3 is 11.9 Å². The maximum absolute atomic E-state index is 12.8.